The number of benzene rings is 2. The van der Waals surface area contributed by atoms with Crippen LogP contribution in [0, 0.1) is 0 Å². The lowest BCUT2D eigenvalue weighted by molar-refractivity contribution is 1.22. The van der Waals surface area contributed by atoms with Crippen molar-refractivity contribution in [3.8, 4) is 0 Å². The molecule has 2 aromatic rings. The molecule has 0 fully saturated rings. The van der Waals surface area contributed by atoms with Gasteiger partial charge in [-0.2, -0.15) is 0 Å². The van der Waals surface area contributed by atoms with E-state index in [-0.39, 0.29) is 0 Å². The van der Waals surface area contributed by atoms with Crippen LogP contribution in [0.25, 0.3) is 11.6 Å². The summed E-state index contributed by atoms with van der Waals surface area (Å²) in [6.07, 6.45) is 4.51. The molecule has 1 aliphatic carbocycles. The lowest BCUT2D eigenvalue weighted by Gasteiger charge is -2.02. The highest BCUT2D eigenvalue weighted by Gasteiger charge is 2.05. The highest BCUT2D eigenvalue weighted by Crippen LogP contribution is 2.13. The molecule has 0 spiro atoms. The van der Waals surface area contributed by atoms with Gasteiger partial charge < -0.3 is 0 Å². The molecule has 0 heterocycles. The number of hydrogen-bond acceptors (Lipinski definition) is 0. The highest BCUT2D eigenvalue weighted by molar-refractivity contribution is 5.61. The fraction of sp³-hybridized carbons (Fsp3) is 0.125. The lowest BCUT2D eigenvalue weighted by Crippen LogP contribution is -2.22. The van der Waals surface area contributed by atoms with Gasteiger partial charge in [0.05, 0.1) is 0 Å². The van der Waals surface area contributed by atoms with E-state index < -0.39 is 0 Å². The van der Waals surface area contributed by atoms with Gasteiger partial charge >= 0.3 is 0 Å². The summed E-state index contributed by atoms with van der Waals surface area (Å²) in [6, 6.07) is 19.4. The molecule has 0 saturated carbocycles. The SMILES string of the molecule is C1=c2ccccc2=C(Cc2ccccc2)C1. The summed E-state index contributed by atoms with van der Waals surface area (Å²) in [5.74, 6) is 0. The zero-order valence-corrected chi connectivity index (χ0v) is 9.19. The molecular weight excluding hydrogens is 192 g/mol. The predicted octanol–water partition coefficient (Wildman–Crippen LogP) is 2.26. The number of hydrogen-bond donors (Lipinski definition) is 0. The molecule has 0 aromatic heterocycles. The van der Waals surface area contributed by atoms with E-state index in [4.69, 9.17) is 0 Å². The molecular formula is C16H14. The second-order valence-electron chi connectivity index (χ2n) is 4.26. The fourth-order valence-corrected chi connectivity index (χ4v) is 2.35. The van der Waals surface area contributed by atoms with Gasteiger partial charge in [-0.3, -0.25) is 0 Å². The Morgan fingerprint density at radius 3 is 2.44 bits per heavy atom. The van der Waals surface area contributed by atoms with Crippen LogP contribution < -0.4 is 10.4 Å². The number of rotatable bonds is 2. The molecule has 1 aliphatic rings. The molecule has 16 heavy (non-hydrogen) atoms. The van der Waals surface area contributed by atoms with E-state index in [0.717, 1.165) is 12.8 Å². The number of fused-ring (bicyclic) bond motifs is 1. The summed E-state index contributed by atoms with van der Waals surface area (Å²) in [5.41, 5.74) is 2.95. The summed E-state index contributed by atoms with van der Waals surface area (Å²) in [5, 5.41) is 2.83. The van der Waals surface area contributed by atoms with Gasteiger partial charge in [-0.15, -0.1) is 0 Å². The van der Waals surface area contributed by atoms with Gasteiger partial charge in [-0.1, -0.05) is 66.2 Å². The van der Waals surface area contributed by atoms with Crippen molar-refractivity contribution in [2.24, 2.45) is 0 Å². The Morgan fingerprint density at radius 1 is 0.812 bits per heavy atom. The molecule has 2 aromatic carbocycles. The molecule has 0 amide bonds. The molecule has 78 valence electrons. The molecule has 0 bridgehead atoms. The van der Waals surface area contributed by atoms with Crippen LogP contribution in [-0.2, 0) is 6.42 Å². The van der Waals surface area contributed by atoms with Gasteiger partial charge in [0, 0.05) is 0 Å². The molecule has 0 saturated heterocycles. The third-order valence-corrected chi connectivity index (χ3v) is 3.17. The average molecular weight is 206 g/mol. The van der Waals surface area contributed by atoms with E-state index >= 15 is 0 Å². The van der Waals surface area contributed by atoms with Crippen LogP contribution in [0.2, 0.25) is 0 Å². The third kappa shape index (κ3) is 1.67. The van der Waals surface area contributed by atoms with Crippen molar-refractivity contribution in [1.82, 2.24) is 0 Å². The van der Waals surface area contributed by atoms with Crippen molar-refractivity contribution in [1.29, 1.82) is 0 Å². The second-order valence-corrected chi connectivity index (χ2v) is 4.26. The second kappa shape index (κ2) is 3.97. The van der Waals surface area contributed by atoms with Crippen LogP contribution >= 0.6 is 0 Å². The van der Waals surface area contributed by atoms with Gasteiger partial charge in [0.1, 0.15) is 0 Å². The molecule has 0 aliphatic heterocycles. The minimum absolute atomic E-state index is 1.08. The van der Waals surface area contributed by atoms with E-state index in [9.17, 15) is 0 Å². The first-order valence-corrected chi connectivity index (χ1v) is 5.75. The van der Waals surface area contributed by atoms with E-state index in [2.05, 4.69) is 60.7 Å². The summed E-state index contributed by atoms with van der Waals surface area (Å²) in [7, 11) is 0. The molecule has 0 atom stereocenters. The van der Waals surface area contributed by atoms with E-state index in [0.29, 0.717) is 0 Å². The highest BCUT2D eigenvalue weighted by atomic mass is 14.1. The molecule has 0 radical (unpaired) electrons. The molecule has 0 N–H and O–H groups in total. The minimum atomic E-state index is 1.08. The normalized spacial score (nSPS) is 13.4. The average Bonchev–Trinajstić information content (AvgIpc) is 2.74. The maximum Gasteiger partial charge on any atom is -0.00548 e. The Bertz CT molecular complexity index is 606. The van der Waals surface area contributed by atoms with E-state index in [1.807, 2.05) is 0 Å². The Kier molecular flexibility index (Phi) is 2.34. The monoisotopic (exact) mass is 206 g/mol. The van der Waals surface area contributed by atoms with Crippen LogP contribution in [0.5, 0.6) is 0 Å². The van der Waals surface area contributed by atoms with Crippen molar-refractivity contribution in [2.75, 3.05) is 0 Å². The van der Waals surface area contributed by atoms with Crippen LogP contribution in [0.3, 0.4) is 0 Å². The Balaban J connectivity index is 2.03. The molecule has 3 rings (SSSR count). The van der Waals surface area contributed by atoms with Crippen LogP contribution in [-0.4, -0.2) is 0 Å². The summed E-state index contributed by atoms with van der Waals surface area (Å²) in [6.45, 7) is 0. The maximum atomic E-state index is 2.33. The third-order valence-electron chi connectivity index (χ3n) is 3.17. The topological polar surface area (TPSA) is 0 Å². The van der Waals surface area contributed by atoms with Crippen molar-refractivity contribution in [3.63, 3.8) is 0 Å². The zero-order valence-electron chi connectivity index (χ0n) is 9.19. The molecule has 0 unspecified atom stereocenters. The summed E-state index contributed by atoms with van der Waals surface area (Å²) < 4.78 is 0. The first-order chi connectivity index (χ1) is 7.93. The quantitative estimate of drug-likeness (QED) is 0.707. The van der Waals surface area contributed by atoms with Crippen LogP contribution in [0.15, 0.2) is 54.6 Å². The van der Waals surface area contributed by atoms with Gasteiger partial charge in [-0.25, -0.2) is 0 Å². The van der Waals surface area contributed by atoms with Crippen LogP contribution in [0.4, 0.5) is 0 Å². The van der Waals surface area contributed by atoms with Gasteiger partial charge in [-0.05, 0) is 28.8 Å². The lowest BCUT2D eigenvalue weighted by atomic mass is 10.0. The fourth-order valence-electron chi connectivity index (χ4n) is 2.35. The Labute approximate surface area is 95.6 Å². The van der Waals surface area contributed by atoms with Gasteiger partial charge in [0.2, 0.25) is 0 Å². The van der Waals surface area contributed by atoms with Crippen LogP contribution in [0.1, 0.15) is 12.0 Å². The maximum absolute atomic E-state index is 2.33. The standard InChI is InChI=1S/C16H14/c1-2-6-13(7-3-1)12-15-11-10-14-8-4-5-9-16(14)15/h1-10H,11-12H2. The Hall–Kier alpha value is -1.82. The molecule has 0 nitrogen and oxygen atoms in total. The summed E-state index contributed by atoms with van der Waals surface area (Å²) in [4.78, 5) is 0. The summed E-state index contributed by atoms with van der Waals surface area (Å²) >= 11 is 0. The Morgan fingerprint density at radius 2 is 1.56 bits per heavy atom. The largest absolute Gasteiger partial charge is 0.0726 e. The van der Waals surface area contributed by atoms with Crippen molar-refractivity contribution < 1.29 is 0 Å². The minimum Gasteiger partial charge on any atom is -0.0726 e. The first kappa shape index (κ1) is 9.41. The zero-order chi connectivity index (χ0) is 10.8. The van der Waals surface area contributed by atoms with Crippen molar-refractivity contribution in [3.05, 3.63) is 70.6 Å². The first-order valence-electron chi connectivity index (χ1n) is 5.75. The van der Waals surface area contributed by atoms with Crippen molar-refractivity contribution in [2.45, 2.75) is 12.8 Å². The van der Waals surface area contributed by atoms with E-state index in [1.165, 1.54) is 16.0 Å². The van der Waals surface area contributed by atoms with Gasteiger partial charge in [0.15, 0.2) is 0 Å². The molecule has 0 heteroatoms. The van der Waals surface area contributed by atoms with Crippen molar-refractivity contribution >= 4 is 11.6 Å². The predicted molar refractivity (Wildman–Crippen MR) is 68.3 cm³/mol. The van der Waals surface area contributed by atoms with E-state index in [1.54, 1.807) is 5.57 Å². The smallest absolute Gasteiger partial charge is 0.00548 e. The van der Waals surface area contributed by atoms with Gasteiger partial charge in [0.25, 0.3) is 0 Å².